The number of aromatic nitrogens is 1. The number of methoxy groups -OCH3 is 1. The predicted octanol–water partition coefficient (Wildman–Crippen LogP) is 3.74. The third-order valence-corrected chi connectivity index (χ3v) is 5.27. The number of carbonyl (C=O) groups excluding carboxylic acids is 2. The van der Waals surface area contributed by atoms with E-state index >= 15 is 0 Å². The number of thiazole rings is 1. The number of hydrogen-bond donors (Lipinski definition) is 1. The first-order chi connectivity index (χ1) is 13.5. The lowest BCUT2D eigenvalue weighted by Crippen LogP contribution is -2.42. The Bertz CT molecular complexity index is 793. The lowest BCUT2D eigenvalue weighted by molar-refractivity contribution is -0.133. The molecule has 0 radical (unpaired) electrons. The smallest absolute Gasteiger partial charge is 0.260 e. The molecule has 1 N–H and O–H groups in total. The van der Waals surface area contributed by atoms with Crippen molar-refractivity contribution in [2.45, 2.75) is 39.2 Å². The van der Waals surface area contributed by atoms with Gasteiger partial charge in [-0.05, 0) is 25.0 Å². The van der Waals surface area contributed by atoms with Gasteiger partial charge in [-0.2, -0.15) is 0 Å². The lowest BCUT2D eigenvalue weighted by atomic mass is 10.1. The zero-order valence-electron chi connectivity index (χ0n) is 16.4. The largest absolute Gasteiger partial charge is 0.383 e. The van der Waals surface area contributed by atoms with E-state index in [1.165, 1.54) is 29.5 Å². The van der Waals surface area contributed by atoms with Crippen LogP contribution in [0.25, 0.3) is 0 Å². The van der Waals surface area contributed by atoms with E-state index in [1.54, 1.807) is 18.6 Å². The van der Waals surface area contributed by atoms with Gasteiger partial charge in [-0.25, -0.2) is 9.37 Å². The van der Waals surface area contributed by atoms with Gasteiger partial charge in [-0.15, -0.1) is 11.3 Å². The molecular formula is C20H26FN3O3S. The molecule has 2 amide bonds. The molecule has 2 aromatic rings. The SMILES string of the molecule is CCC(CC)N(CCOC)C(=O)Cc1csc(NC(=O)c2ccccc2F)n1. The monoisotopic (exact) mass is 407 g/mol. The molecule has 0 aliphatic rings. The van der Waals surface area contributed by atoms with Crippen molar-refractivity contribution in [3.05, 3.63) is 46.7 Å². The third-order valence-electron chi connectivity index (χ3n) is 4.46. The third kappa shape index (κ3) is 5.84. The fourth-order valence-corrected chi connectivity index (χ4v) is 3.65. The molecule has 1 aromatic carbocycles. The van der Waals surface area contributed by atoms with Gasteiger partial charge in [0.2, 0.25) is 5.91 Å². The Kier molecular flexibility index (Phi) is 8.53. The Morgan fingerprint density at radius 1 is 1.29 bits per heavy atom. The van der Waals surface area contributed by atoms with Crippen molar-refractivity contribution in [2.24, 2.45) is 0 Å². The van der Waals surface area contributed by atoms with E-state index in [1.807, 2.05) is 4.90 Å². The molecule has 6 nitrogen and oxygen atoms in total. The molecule has 0 fully saturated rings. The van der Waals surface area contributed by atoms with E-state index in [0.717, 1.165) is 12.8 Å². The predicted molar refractivity (Wildman–Crippen MR) is 108 cm³/mol. The molecule has 0 saturated heterocycles. The molecule has 2 rings (SSSR count). The number of hydrogen-bond acceptors (Lipinski definition) is 5. The molecule has 0 atom stereocenters. The average molecular weight is 408 g/mol. The minimum absolute atomic E-state index is 0.0250. The minimum atomic E-state index is -0.592. The van der Waals surface area contributed by atoms with Gasteiger partial charge < -0.3 is 9.64 Å². The van der Waals surface area contributed by atoms with E-state index in [9.17, 15) is 14.0 Å². The van der Waals surface area contributed by atoms with Crippen molar-refractivity contribution in [1.82, 2.24) is 9.88 Å². The van der Waals surface area contributed by atoms with E-state index in [2.05, 4.69) is 24.1 Å². The zero-order chi connectivity index (χ0) is 20.5. The van der Waals surface area contributed by atoms with Crippen molar-refractivity contribution >= 4 is 28.3 Å². The van der Waals surface area contributed by atoms with Crippen molar-refractivity contribution in [3.8, 4) is 0 Å². The van der Waals surface area contributed by atoms with E-state index in [-0.39, 0.29) is 23.9 Å². The number of amides is 2. The van der Waals surface area contributed by atoms with E-state index in [4.69, 9.17) is 4.74 Å². The highest BCUT2D eigenvalue weighted by Crippen LogP contribution is 2.19. The van der Waals surface area contributed by atoms with Crippen molar-refractivity contribution in [1.29, 1.82) is 0 Å². The summed E-state index contributed by atoms with van der Waals surface area (Å²) in [5.74, 6) is -1.18. The van der Waals surface area contributed by atoms with Crippen LogP contribution >= 0.6 is 11.3 Å². The quantitative estimate of drug-likeness (QED) is 0.651. The zero-order valence-corrected chi connectivity index (χ0v) is 17.2. The second kappa shape index (κ2) is 10.9. The Morgan fingerprint density at radius 3 is 2.64 bits per heavy atom. The van der Waals surface area contributed by atoms with Gasteiger partial charge >= 0.3 is 0 Å². The molecule has 0 spiro atoms. The van der Waals surface area contributed by atoms with E-state index < -0.39 is 11.7 Å². The van der Waals surface area contributed by atoms with Crippen LogP contribution in [0.15, 0.2) is 29.6 Å². The second-order valence-corrected chi connectivity index (χ2v) is 7.16. The standard InChI is InChI=1S/C20H26FN3O3S/c1-4-15(5-2)24(10-11-27-3)18(25)12-14-13-28-20(22-14)23-19(26)16-8-6-7-9-17(16)21/h6-9,13,15H,4-5,10-12H2,1-3H3,(H,22,23,26). The average Bonchev–Trinajstić information content (AvgIpc) is 3.12. The van der Waals surface area contributed by atoms with Crippen LogP contribution in [-0.4, -0.2) is 48.0 Å². The van der Waals surface area contributed by atoms with Gasteiger partial charge in [0.05, 0.1) is 24.3 Å². The molecule has 0 unspecified atom stereocenters. The normalized spacial score (nSPS) is 10.9. The van der Waals surface area contributed by atoms with Crippen LogP contribution in [0.1, 0.15) is 42.7 Å². The number of ether oxygens (including phenoxy) is 1. The summed E-state index contributed by atoms with van der Waals surface area (Å²) in [6.07, 6.45) is 1.88. The lowest BCUT2D eigenvalue weighted by Gasteiger charge is -2.30. The van der Waals surface area contributed by atoms with Gasteiger partial charge in [-0.1, -0.05) is 26.0 Å². The number of halogens is 1. The van der Waals surface area contributed by atoms with Gasteiger partial charge in [0.25, 0.3) is 5.91 Å². The van der Waals surface area contributed by atoms with E-state index in [0.29, 0.717) is 24.0 Å². The molecule has 0 bridgehead atoms. The molecule has 0 saturated carbocycles. The summed E-state index contributed by atoms with van der Waals surface area (Å²) in [4.78, 5) is 31.1. The van der Waals surface area contributed by atoms with Gasteiger partial charge in [0.1, 0.15) is 5.82 Å². The topological polar surface area (TPSA) is 71.5 Å². The molecule has 152 valence electrons. The number of rotatable bonds is 10. The Labute approximate surface area is 168 Å². The Balaban J connectivity index is 2.03. The summed E-state index contributed by atoms with van der Waals surface area (Å²) >= 11 is 1.21. The van der Waals surface area contributed by atoms with Crippen LogP contribution in [0.5, 0.6) is 0 Å². The highest BCUT2D eigenvalue weighted by molar-refractivity contribution is 7.14. The highest BCUT2D eigenvalue weighted by Gasteiger charge is 2.22. The molecular weight excluding hydrogens is 381 g/mol. The maximum absolute atomic E-state index is 13.7. The van der Waals surface area contributed by atoms with Crippen LogP contribution in [-0.2, 0) is 16.0 Å². The van der Waals surface area contributed by atoms with Crippen LogP contribution in [0.3, 0.4) is 0 Å². The Hall–Kier alpha value is -2.32. The number of benzene rings is 1. The van der Waals surface area contributed by atoms with Crippen LogP contribution in [0.2, 0.25) is 0 Å². The number of anilines is 1. The summed E-state index contributed by atoms with van der Waals surface area (Å²) in [6.45, 7) is 5.12. The summed E-state index contributed by atoms with van der Waals surface area (Å²) in [7, 11) is 1.61. The van der Waals surface area contributed by atoms with Gasteiger partial charge in [0, 0.05) is 25.1 Å². The van der Waals surface area contributed by atoms with Crippen molar-refractivity contribution < 1.29 is 18.7 Å². The van der Waals surface area contributed by atoms with Crippen LogP contribution in [0.4, 0.5) is 9.52 Å². The summed E-state index contributed by atoms with van der Waals surface area (Å²) in [5.41, 5.74) is 0.530. The first kappa shape index (κ1) is 22.0. The van der Waals surface area contributed by atoms with Crippen molar-refractivity contribution in [2.75, 3.05) is 25.6 Å². The maximum atomic E-state index is 13.7. The number of carbonyl (C=O) groups is 2. The maximum Gasteiger partial charge on any atom is 0.260 e. The summed E-state index contributed by atoms with van der Waals surface area (Å²) in [5, 5.41) is 4.65. The van der Waals surface area contributed by atoms with Crippen molar-refractivity contribution in [3.63, 3.8) is 0 Å². The summed E-state index contributed by atoms with van der Waals surface area (Å²) in [6, 6.07) is 5.91. The van der Waals surface area contributed by atoms with Crippen LogP contribution in [0, 0.1) is 5.82 Å². The number of nitrogens with zero attached hydrogens (tertiary/aromatic N) is 2. The first-order valence-electron chi connectivity index (χ1n) is 9.28. The Morgan fingerprint density at radius 2 is 2.00 bits per heavy atom. The molecule has 1 aromatic heterocycles. The molecule has 0 aliphatic carbocycles. The van der Waals surface area contributed by atoms with Crippen LogP contribution < -0.4 is 5.32 Å². The highest BCUT2D eigenvalue weighted by atomic mass is 32.1. The fraction of sp³-hybridized carbons (Fsp3) is 0.450. The molecule has 28 heavy (non-hydrogen) atoms. The molecule has 8 heteroatoms. The second-order valence-electron chi connectivity index (χ2n) is 6.30. The molecule has 1 heterocycles. The van der Waals surface area contributed by atoms with Gasteiger partial charge in [-0.3, -0.25) is 14.9 Å². The fourth-order valence-electron chi connectivity index (χ4n) is 2.94. The first-order valence-corrected chi connectivity index (χ1v) is 10.2. The number of nitrogens with one attached hydrogen (secondary N) is 1. The van der Waals surface area contributed by atoms with Gasteiger partial charge in [0.15, 0.2) is 5.13 Å². The molecule has 0 aliphatic heterocycles. The summed E-state index contributed by atoms with van der Waals surface area (Å²) < 4.78 is 18.8. The minimum Gasteiger partial charge on any atom is -0.383 e.